The largest absolute Gasteiger partial charge is 0.573 e. The second kappa shape index (κ2) is 10.5. The molecular formula is C21H25F4NO3. The van der Waals surface area contributed by atoms with Gasteiger partial charge in [0.25, 0.3) is 0 Å². The molecule has 160 valence electrons. The summed E-state index contributed by atoms with van der Waals surface area (Å²) >= 11 is 0. The molecule has 2 aromatic rings. The number of benzene rings is 2. The molecule has 2 aromatic carbocycles. The molecule has 2 atom stereocenters. The molecule has 4 nitrogen and oxygen atoms in total. The van der Waals surface area contributed by atoms with Crippen LogP contribution in [0.2, 0.25) is 0 Å². The lowest BCUT2D eigenvalue weighted by molar-refractivity contribution is -0.274. The average molecular weight is 415 g/mol. The number of aliphatic hydroxyl groups excluding tert-OH is 1. The third-order valence-corrected chi connectivity index (χ3v) is 4.41. The molecule has 0 aliphatic carbocycles. The molecular weight excluding hydrogens is 390 g/mol. The molecule has 1 N–H and O–H groups in total. The van der Waals surface area contributed by atoms with Crippen LogP contribution in [0.1, 0.15) is 24.5 Å². The second-order valence-corrected chi connectivity index (χ2v) is 6.66. The number of hydrogen-bond acceptors (Lipinski definition) is 4. The van der Waals surface area contributed by atoms with E-state index in [9.17, 15) is 22.7 Å². The molecule has 0 heterocycles. The van der Waals surface area contributed by atoms with Gasteiger partial charge in [0, 0.05) is 0 Å². The van der Waals surface area contributed by atoms with Crippen molar-refractivity contribution in [3.05, 3.63) is 59.7 Å². The van der Waals surface area contributed by atoms with Crippen molar-refractivity contribution in [1.82, 2.24) is 4.90 Å². The van der Waals surface area contributed by atoms with E-state index in [2.05, 4.69) is 4.74 Å². The molecule has 0 saturated heterocycles. The van der Waals surface area contributed by atoms with E-state index < -0.39 is 25.5 Å². The summed E-state index contributed by atoms with van der Waals surface area (Å²) in [6.07, 6.45) is -5.13. The molecule has 0 aromatic heterocycles. The molecule has 29 heavy (non-hydrogen) atoms. The topological polar surface area (TPSA) is 41.9 Å². The predicted molar refractivity (Wildman–Crippen MR) is 101 cm³/mol. The number of aryl methyl sites for hydroxylation is 2. The molecule has 0 saturated carbocycles. The predicted octanol–water partition coefficient (Wildman–Crippen LogP) is 4.71. The monoisotopic (exact) mass is 415 g/mol. The average Bonchev–Trinajstić information content (AvgIpc) is 2.69. The van der Waals surface area contributed by atoms with Gasteiger partial charge in [-0.1, -0.05) is 37.3 Å². The Hall–Kier alpha value is -2.32. The third-order valence-electron chi connectivity index (χ3n) is 4.41. The van der Waals surface area contributed by atoms with E-state index in [1.807, 2.05) is 12.1 Å². The van der Waals surface area contributed by atoms with E-state index in [1.165, 1.54) is 30.1 Å². The minimum atomic E-state index is -4.74. The first kappa shape index (κ1) is 23.0. The van der Waals surface area contributed by atoms with E-state index in [0.717, 1.165) is 5.56 Å². The van der Waals surface area contributed by atoms with Gasteiger partial charge in [-0.05, 0) is 55.6 Å². The van der Waals surface area contributed by atoms with Gasteiger partial charge in [-0.15, -0.1) is 13.2 Å². The maximum Gasteiger partial charge on any atom is 0.573 e. The van der Waals surface area contributed by atoms with Crippen molar-refractivity contribution in [2.45, 2.75) is 44.9 Å². The highest BCUT2D eigenvalue weighted by molar-refractivity contribution is 5.35. The van der Waals surface area contributed by atoms with Crippen molar-refractivity contribution in [3.8, 4) is 11.5 Å². The molecule has 2 unspecified atom stereocenters. The summed E-state index contributed by atoms with van der Waals surface area (Å²) < 4.78 is 60.1. The molecule has 0 aliphatic heterocycles. The number of halogens is 4. The fraction of sp³-hybridized carbons (Fsp3) is 0.429. The SMILES string of the molecule is CCC(O)C(Oc1ccccc1CCc1cccc(OC(F)(F)F)c1)N(C)CF. The third kappa shape index (κ3) is 7.21. The normalized spacial score (nSPS) is 13.9. The van der Waals surface area contributed by atoms with Crippen LogP contribution in [0.5, 0.6) is 11.5 Å². The number of rotatable bonds is 10. The smallest absolute Gasteiger partial charge is 0.472 e. The lowest BCUT2D eigenvalue weighted by atomic mass is 10.0. The molecule has 8 heteroatoms. The highest BCUT2D eigenvalue weighted by Crippen LogP contribution is 2.26. The van der Waals surface area contributed by atoms with Crippen molar-refractivity contribution < 1.29 is 32.1 Å². The summed E-state index contributed by atoms with van der Waals surface area (Å²) in [5.74, 6) is 0.225. The van der Waals surface area contributed by atoms with Crippen LogP contribution in [0.25, 0.3) is 0 Å². The van der Waals surface area contributed by atoms with E-state index in [0.29, 0.717) is 30.6 Å². The first-order chi connectivity index (χ1) is 13.7. The van der Waals surface area contributed by atoms with Crippen LogP contribution >= 0.6 is 0 Å². The Bertz CT molecular complexity index is 760. The van der Waals surface area contributed by atoms with Crippen LogP contribution in [-0.4, -0.2) is 42.5 Å². The number of likely N-dealkylation sites (N-methyl/N-ethyl adjacent to an activating group) is 1. The Kier molecular flexibility index (Phi) is 8.28. The quantitative estimate of drug-likeness (QED) is 0.347. The van der Waals surface area contributed by atoms with Gasteiger partial charge in [-0.2, -0.15) is 0 Å². The van der Waals surface area contributed by atoms with Crippen LogP contribution in [0.4, 0.5) is 17.6 Å². The minimum Gasteiger partial charge on any atom is -0.472 e. The summed E-state index contributed by atoms with van der Waals surface area (Å²) in [5, 5.41) is 10.2. The molecule has 2 rings (SSSR count). The van der Waals surface area contributed by atoms with Crippen LogP contribution < -0.4 is 9.47 Å². The molecule has 0 aliphatic rings. The van der Waals surface area contributed by atoms with E-state index in [-0.39, 0.29) is 5.75 Å². The maximum atomic E-state index is 13.1. The molecule has 0 amide bonds. The van der Waals surface area contributed by atoms with Crippen LogP contribution in [0.15, 0.2) is 48.5 Å². The van der Waals surface area contributed by atoms with Gasteiger partial charge in [0.15, 0.2) is 6.23 Å². The number of para-hydroxylation sites is 1. The van der Waals surface area contributed by atoms with Crippen LogP contribution in [0, 0.1) is 0 Å². The zero-order valence-electron chi connectivity index (χ0n) is 16.3. The molecule has 0 bridgehead atoms. The standard InChI is InChI=1S/C21H25F4NO3/c1-3-18(27)20(26(2)14-22)28-19-10-5-4-8-16(19)12-11-15-7-6-9-17(13-15)29-21(23,24)25/h4-10,13,18,20,27H,3,11-12,14H2,1-2H3. The first-order valence-corrected chi connectivity index (χ1v) is 9.27. The Labute approximate surface area is 167 Å². The minimum absolute atomic E-state index is 0.268. The van der Waals surface area contributed by atoms with E-state index in [1.54, 1.807) is 25.1 Å². The Morgan fingerprint density at radius 3 is 2.45 bits per heavy atom. The summed E-state index contributed by atoms with van der Waals surface area (Å²) in [5.41, 5.74) is 1.47. The van der Waals surface area contributed by atoms with Gasteiger partial charge in [-0.3, -0.25) is 0 Å². The lowest BCUT2D eigenvalue weighted by Crippen LogP contribution is -2.45. The van der Waals surface area contributed by atoms with Gasteiger partial charge in [0.1, 0.15) is 24.4 Å². The summed E-state index contributed by atoms with van der Waals surface area (Å²) in [6, 6.07) is 12.9. The molecule has 0 fully saturated rings. The van der Waals surface area contributed by atoms with Crippen molar-refractivity contribution >= 4 is 0 Å². The number of hydrogen-bond donors (Lipinski definition) is 1. The number of alkyl halides is 4. The summed E-state index contributed by atoms with van der Waals surface area (Å²) in [4.78, 5) is 1.27. The fourth-order valence-electron chi connectivity index (χ4n) is 2.86. The second-order valence-electron chi connectivity index (χ2n) is 6.66. The van der Waals surface area contributed by atoms with E-state index in [4.69, 9.17) is 4.74 Å². The Morgan fingerprint density at radius 2 is 1.79 bits per heavy atom. The zero-order valence-corrected chi connectivity index (χ0v) is 16.3. The van der Waals surface area contributed by atoms with Crippen LogP contribution in [-0.2, 0) is 12.8 Å². The highest BCUT2D eigenvalue weighted by Gasteiger charge is 2.31. The van der Waals surface area contributed by atoms with Crippen molar-refractivity contribution in [2.24, 2.45) is 0 Å². The van der Waals surface area contributed by atoms with Gasteiger partial charge in [-0.25, -0.2) is 9.29 Å². The van der Waals surface area contributed by atoms with Gasteiger partial charge >= 0.3 is 6.36 Å². The van der Waals surface area contributed by atoms with Gasteiger partial charge in [0.2, 0.25) is 0 Å². The van der Waals surface area contributed by atoms with Crippen LogP contribution in [0.3, 0.4) is 0 Å². The summed E-state index contributed by atoms with van der Waals surface area (Å²) in [6.45, 7) is 0.991. The summed E-state index contributed by atoms with van der Waals surface area (Å²) in [7, 11) is 1.51. The molecule has 0 spiro atoms. The zero-order chi connectivity index (χ0) is 21.4. The number of nitrogens with zero attached hydrogens (tertiary/aromatic N) is 1. The van der Waals surface area contributed by atoms with Crippen molar-refractivity contribution in [2.75, 3.05) is 13.8 Å². The van der Waals surface area contributed by atoms with E-state index >= 15 is 0 Å². The number of aliphatic hydroxyl groups is 1. The Balaban J connectivity index is 2.12. The van der Waals surface area contributed by atoms with Gasteiger partial charge in [0.05, 0.1) is 0 Å². The molecule has 0 radical (unpaired) electrons. The maximum absolute atomic E-state index is 13.1. The fourth-order valence-corrected chi connectivity index (χ4v) is 2.86. The lowest BCUT2D eigenvalue weighted by Gasteiger charge is -2.30. The Morgan fingerprint density at radius 1 is 1.07 bits per heavy atom. The number of ether oxygens (including phenoxy) is 2. The van der Waals surface area contributed by atoms with Crippen molar-refractivity contribution in [3.63, 3.8) is 0 Å². The first-order valence-electron chi connectivity index (χ1n) is 9.27. The van der Waals surface area contributed by atoms with Crippen molar-refractivity contribution in [1.29, 1.82) is 0 Å². The van der Waals surface area contributed by atoms with Gasteiger partial charge < -0.3 is 14.6 Å². The highest BCUT2D eigenvalue weighted by atomic mass is 19.4.